The molecule has 0 spiro atoms. The lowest BCUT2D eigenvalue weighted by Gasteiger charge is -2.01. The van der Waals surface area contributed by atoms with Gasteiger partial charge in [0.1, 0.15) is 5.82 Å². The molecule has 0 aliphatic rings. The Morgan fingerprint density at radius 2 is 2.20 bits per heavy atom. The zero-order valence-corrected chi connectivity index (χ0v) is 8.46. The molecule has 80 valence electrons. The minimum absolute atomic E-state index is 0.0262. The van der Waals surface area contributed by atoms with Gasteiger partial charge in [-0.25, -0.2) is 4.68 Å². The van der Waals surface area contributed by atoms with E-state index in [4.69, 9.17) is 10.8 Å². The molecule has 0 amide bonds. The lowest BCUT2D eigenvalue weighted by Crippen LogP contribution is -2.07. The van der Waals surface area contributed by atoms with Gasteiger partial charge in [-0.05, 0) is 0 Å². The summed E-state index contributed by atoms with van der Waals surface area (Å²) < 4.78 is 3.28. The Kier molecular flexibility index (Phi) is 2.42. The summed E-state index contributed by atoms with van der Waals surface area (Å²) in [4.78, 5) is 0. The third-order valence-electron chi connectivity index (χ3n) is 2.21. The van der Waals surface area contributed by atoms with Gasteiger partial charge < -0.3 is 10.8 Å². The monoisotopic (exact) mass is 207 g/mol. The van der Waals surface area contributed by atoms with Gasteiger partial charge in [-0.2, -0.15) is 10.2 Å². The first-order chi connectivity index (χ1) is 7.22. The topological polar surface area (TPSA) is 81.9 Å². The van der Waals surface area contributed by atoms with Crippen molar-refractivity contribution in [2.75, 3.05) is 12.3 Å². The van der Waals surface area contributed by atoms with Crippen molar-refractivity contribution in [2.45, 2.75) is 6.54 Å². The lowest BCUT2D eigenvalue weighted by atomic mass is 10.2. The average molecular weight is 207 g/mol. The van der Waals surface area contributed by atoms with E-state index >= 15 is 0 Å². The zero-order chi connectivity index (χ0) is 10.8. The van der Waals surface area contributed by atoms with Crippen LogP contribution >= 0.6 is 0 Å². The normalized spacial score (nSPS) is 10.8. The number of hydrogen-bond acceptors (Lipinski definition) is 4. The molecular formula is C9H13N5O. The summed E-state index contributed by atoms with van der Waals surface area (Å²) in [6, 6.07) is 0. The van der Waals surface area contributed by atoms with E-state index in [0.29, 0.717) is 12.4 Å². The average Bonchev–Trinajstić information content (AvgIpc) is 2.76. The van der Waals surface area contributed by atoms with Gasteiger partial charge in [0.15, 0.2) is 0 Å². The molecule has 2 heterocycles. The number of aliphatic hydroxyl groups excluding tert-OH is 1. The number of aliphatic hydroxyl groups is 1. The smallest absolute Gasteiger partial charge is 0.129 e. The molecule has 0 aromatic carbocycles. The summed E-state index contributed by atoms with van der Waals surface area (Å²) in [5, 5.41) is 16.9. The van der Waals surface area contributed by atoms with Crippen LogP contribution < -0.4 is 5.73 Å². The second-order valence-corrected chi connectivity index (χ2v) is 3.29. The molecule has 0 unspecified atom stereocenters. The van der Waals surface area contributed by atoms with Crippen molar-refractivity contribution >= 4 is 5.82 Å². The molecule has 0 radical (unpaired) electrons. The number of aromatic nitrogens is 4. The van der Waals surface area contributed by atoms with Gasteiger partial charge in [-0.15, -0.1) is 0 Å². The second kappa shape index (κ2) is 3.74. The van der Waals surface area contributed by atoms with E-state index < -0.39 is 0 Å². The van der Waals surface area contributed by atoms with Crippen LogP contribution in [0.3, 0.4) is 0 Å². The van der Waals surface area contributed by atoms with E-state index in [1.165, 1.54) is 0 Å². The Labute approximate surface area is 86.9 Å². The minimum Gasteiger partial charge on any atom is -0.394 e. The SMILES string of the molecule is Cn1cc(-c2cnn(CCO)c2N)cn1. The third kappa shape index (κ3) is 1.71. The first-order valence-electron chi connectivity index (χ1n) is 4.63. The Balaban J connectivity index is 2.37. The lowest BCUT2D eigenvalue weighted by molar-refractivity contribution is 0.270. The minimum atomic E-state index is 0.0262. The molecule has 0 saturated carbocycles. The highest BCUT2D eigenvalue weighted by atomic mass is 16.3. The third-order valence-corrected chi connectivity index (χ3v) is 2.21. The van der Waals surface area contributed by atoms with Crippen LogP contribution in [0.5, 0.6) is 0 Å². The van der Waals surface area contributed by atoms with Gasteiger partial charge in [-0.1, -0.05) is 0 Å². The highest BCUT2D eigenvalue weighted by Gasteiger charge is 2.10. The Hall–Kier alpha value is -1.82. The van der Waals surface area contributed by atoms with E-state index in [1.807, 2.05) is 13.2 Å². The standard InChI is InChI=1S/C9H13N5O/c1-13-6-7(4-11-13)8-5-12-14(2-3-15)9(8)10/h4-6,15H,2-3,10H2,1H3. The van der Waals surface area contributed by atoms with E-state index in [1.54, 1.807) is 21.8 Å². The van der Waals surface area contributed by atoms with Crippen LogP contribution in [0.15, 0.2) is 18.6 Å². The summed E-state index contributed by atoms with van der Waals surface area (Å²) >= 11 is 0. The molecule has 0 bridgehead atoms. The number of anilines is 1. The molecule has 6 heteroatoms. The quantitative estimate of drug-likeness (QED) is 0.733. The zero-order valence-electron chi connectivity index (χ0n) is 8.46. The molecule has 0 saturated heterocycles. The van der Waals surface area contributed by atoms with Gasteiger partial charge in [0.25, 0.3) is 0 Å². The molecule has 0 aliphatic carbocycles. The van der Waals surface area contributed by atoms with Crippen molar-refractivity contribution in [2.24, 2.45) is 7.05 Å². The summed E-state index contributed by atoms with van der Waals surface area (Å²) in [5.74, 6) is 0.553. The van der Waals surface area contributed by atoms with Crippen LogP contribution in [0, 0.1) is 0 Å². The Morgan fingerprint density at radius 1 is 1.40 bits per heavy atom. The maximum Gasteiger partial charge on any atom is 0.129 e. The van der Waals surface area contributed by atoms with E-state index in [9.17, 15) is 0 Å². The molecule has 0 atom stereocenters. The van der Waals surface area contributed by atoms with Gasteiger partial charge in [0, 0.05) is 24.4 Å². The molecule has 6 nitrogen and oxygen atoms in total. The van der Waals surface area contributed by atoms with Gasteiger partial charge in [0.2, 0.25) is 0 Å². The molecule has 0 fully saturated rings. The Bertz CT molecular complexity index is 459. The van der Waals surface area contributed by atoms with Crippen molar-refractivity contribution in [3.8, 4) is 11.1 Å². The number of rotatable bonds is 3. The number of aryl methyl sites for hydroxylation is 1. The molecule has 2 rings (SSSR count). The summed E-state index contributed by atoms with van der Waals surface area (Å²) in [6.45, 7) is 0.435. The molecule has 2 aromatic heterocycles. The van der Waals surface area contributed by atoms with Gasteiger partial charge >= 0.3 is 0 Å². The van der Waals surface area contributed by atoms with Crippen LogP contribution in [0.25, 0.3) is 11.1 Å². The van der Waals surface area contributed by atoms with Crippen LogP contribution in [0.2, 0.25) is 0 Å². The van der Waals surface area contributed by atoms with Crippen LogP contribution in [-0.2, 0) is 13.6 Å². The fraction of sp³-hybridized carbons (Fsp3) is 0.333. The fourth-order valence-corrected chi connectivity index (χ4v) is 1.45. The predicted octanol–water partition coefficient (Wildman–Crippen LogP) is -0.142. The molecule has 0 aliphatic heterocycles. The molecule has 2 aromatic rings. The first kappa shape index (κ1) is 9.72. The number of nitrogens with zero attached hydrogens (tertiary/aromatic N) is 4. The molecular weight excluding hydrogens is 194 g/mol. The summed E-state index contributed by atoms with van der Waals surface area (Å²) in [6.07, 6.45) is 5.29. The maximum atomic E-state index is 8.80. The fourth-order valence-electron chi connectivity index (χ4n) is 1.45. The maximum absolute atomic E-state index is 8.80. The molecule has 3 N–H and O–H groups in total. The van der Waals surface area contributed by atoms with Crippen molar-refractivity contribution in [1.29, 1.82) is 0 Å². The van der Waals surface area contributed by atoms with Gasteiger partial charge in [0.05, 0.1) is 25.5 Å². The van der Waals surface area contributed by atoms with Crippen LogP contribution in [0.4, 0.5) is 5.82 Å². The van der Waals surface area contributed by atoms with E-state index in [2.05, 4.69) is 10.2 Å². The van der Waals surface area contributed by atoms with Crippen LogP contribution in [0.1, 0.15) is 0 Å². The predicted molar refractivity (Wildman–Crippen MR) is 55.9 cm³/mol. The summed E-state index contributed by atoms with van der Waals surface area (Å²) in [7, 11) is 1.85. The van der Waals surface area contributed by atoms with Gasteiger partial charge in [-0.3, -0.25) is 4.68 Å². The molecule has 15 heavy (non-hydrogen) atoms. The van der Waals surface area contributed by atoms with Crippen molar-refractivity contribution < 1.29 is 5.11 Å². The second-order valence-electron chi connectivity index (χ2n) is 3.29. The first-order valence-corrected chi connectivity index (χ1v) is 4.63. The highest BCUT2D eigenvalue weighted by Crippen LogP contribution is 2.24. The van der Waals surface area contributed by atoms with Crippen molar-refractivity contribution in [3.05, 3.63) is 18.6 Å². The van der Waals surface area contributed by atoms with Crippen molar-refractivity contribution in [1.82, 2.24) is 19.6 Å². The summed E-state index contributed by atoms with van der Waals surface area (Å²) in [5.41, 5.74) is 7.66. The highest BCUT2D eigenvalue weighted by molar-refractivity contribution is 5.72. The largest absolute Gasteiger partial charge is 0.394 e. The number of nitrogens with two attached hydrogens (primary N) is 1. The van der Waals surface area contributed by atoms with Crippen molar-refractivity contribution in [3.63, 3.8) is 0 Å². The number of hydrogen-bond donors (Lipinski definition) is 2. The van der Waals surface area contributed by atoms with E-state index in [-0.39, 0.29) is 6.61 Å². The van der Waals surface area contributed by atoms with E-state index in [0.717, 1.165) is 11.1 Å². The van der Waals surface area contributed by atoms with Crippen LogP contribution in [-0.4, -0.2) is 31.3 Å². The number of nitrogen functional groups attached to an aromatic ring is 1. The Morgan fingerprint density at radius 3 is 2.80 bits per heavy atom.